The van der Waals surface area contributed by atoms with E-state index in [-0.39, 0.29) is 36.8 Å². The molecule has 6 rings (SSSR count). The third-order valence-electron chi connectivity index (χ3n) is 9.67. The lowest BCUT2D eigenvalue weighted by Gasteiger charge is -2.21. The minimum absolute atomic E-state index is 0.0192. The lowest BCUT2D eigenvalue weighted by atomic mass is 9.99. The SMILES string of the molecule is COC(=O)C[C@@H]1N=C(c2ccc(Cl)cc2)c2c(sc(C(=O)NCCCCCCCCNc3ccnc(C(=O)NC4CCC(=O)NC4=O)c3)c2C)-n2c(C)nnc21. The number of aliphatic imine (C=N–C) groups is 1. The molecule has 2 aliphatic heterocycles. The third-order valence-corrected chi connectivity index (χ3v) is 11.2. The largest absolute Gasteiger partial charge is 0.469 e. The Labute approximate surface area is 333 Å². The summed E-state index contributed by atoms with van der Waals surface area (Å²) in [7, 11) is 1.34. The fourth-order valence-corrected chi connectivity index (χ4v) is 8.09. The van der Waals surface area contributed by atoms with Crippen molar-refractivity contribution < 1.29 is 28.7 Å². The highest BCUT2D eigenvalue weighted by atomic mass is 35.5. The number of nitrogens with zero attached hydrogens (tertiary/aromatic N) is 5. The number of thiophene rings is 1. The number of aryl methyl sites for hydroxylation is 1. The van der Waals surface area contributed by atoms with Crippen molar-refractivity contribution in [2.45, 2.75) is 83.7 Å². The molecule has 5 heterocycles. The lowest BCUT2D eigenvalue weighted by Crippen LogP contribution is -2.52. The van der Waals surface area contributed by atoms with E-state index in [1.54, 1.807) is 30.5 Å². The van der Waals surface area contributed by atoms with E-state index >= 15 is 0 Å². The molecule has 3 aromatic heterocycles. The van der Waals surface area contributed by atoms with Crippen molar-refractivity contribution in [2.24, 2.45) is 4.99 Å². The second-order valence-electron chi connectivity index (χ2n) is 13.7. The van der Waals surface area contributed by atoms with Gasteiger partial charge in [0.25, 0.3) is 11.8 Å². The predicted octanol–water partition coefficient (Wildman–Crippen LogP) is 5.17. The molecule has 56 heavy (non-hydrogen) atoms. The fraction of sp³-hybridized carbons (Fsp3) is 0.410. The standard InChI is InChI=1S/C39H44ClN9O6S/c1-22-32-33(24-10-12-25(40)13-11-24)44-28(21-31(51)55-3)35-48-47-23(2)49(35)39(32)56-34(22)38(54)43-18-9-7-5-4-6-8-17-41-26-16-19-42-29(20-26)37(53)45-27-14-15-30(50)46-36(27)52/h10-13,16,19-20,27-28H,4-9,14-15,17-18,21H2,1-3H3,(H,41,42)(H,43,54)(H,45,53)(H,46,50,52)/t27?,28-/m0/s1. The van der Waals surface area contributed by atoms with Crippen LogP contribution in [0.5, 0.6) is 0 Å². The van der Waals surface area contributed by atoms with Gasteiger partial charge in [0.2, 0.25) is 11.8 Å². The van der Waals surface area contributed by atoms with Gasteiger partial charge >= 0.3 is 5.97 Å². The number of esters is 1. The van der Waals surface area contributed by atoms with E-state index < -0.39 is 29.9 Å². The summed E-state index contributed by atoms with van der Waals surface area (Å²) < 4.78 is 6.86. The third kappa shape index (κ3) is 9.48. The zero-order chi connectivity index (χ0) is 39.8. The molecule has 0 spiro atoms. The topological polar surface area (TPSA) is 199 Å². The number of aromatic nitrogens is 4. The van der Waals surface area contributed by atoms with Gasteiger partial charge in [-0.3, -0.25) is 43.8 Å². The van der Waals surface area contributed by atoms with Gasteiger partial charge in [0.05, 0.1) is 24.1 Å². The number of imide groups is 1. The zero-order valence-corrected chi connectivity index (χ0v) is 33.0. The molecule has 2 atom stereocenters. The van der Waals surface area contributed by atoms with Crippen LogP contribution >= 0.6 is 22.9 Å². The predicted molar refractivity (Wildman–Crippen MR) is 212 cm³/mol. The van der Waals surface area contributed by atoms with Crippen LogP contribution < -0.4 is 21.3 Å². The van der Waals surface area contributed by atoms with Crippen molar-refractivity contribution >= 4 is 63.9 Å². The minimum Gasteiger partial charge on any atom is -0.469 e. The number of hydrogen-bond donors (Lipinski definition) is 4. The van der Waals surface area contributed by atoms with Crippen LogP contribution in [0.15, 0.2) is 47.6 Å². The molecule has 2 aliphatic rings. The molecule has 1 saturated heterocycles. The second kappa shape index (κ2) is 18.4. The van der Waals surface area contributed by atoms with E-state index in [1.807, 2.05) is 30.5 Å². The minimum atomic E-state index is -0.759. The maximum absolute atomic E-state index is 13.6. The molecule has 0 bridgehead atoms. The molecule has 4 N–H and O–H groups in total. The number of piperidine rings is 1. The number of benzene rings is 1. The zero-order valence-electron chi connectivity index (χ0n) is 31.4. The number of amides is 4. The Hall–Kier alpha value is -5.48. The first-order chi connectivity index (χ1) is 27.0. The molecule has 0 radical (unpaired) electrons. The molecular formula is C39H44ClN9O6S. The normalized spacial score (nSPS) is 16.2. The maximum atomic E-state index is 13.6. The van der Waals surface area contributed by atoms with Crippen molar-refractivity contribution in [1.82, 2.24) is 35.7 Å². The van der Waals surface area contributed by atoms with Crippen molar-refractivity contribution in [2.75, 3.05) is 25.5 Å². The Balaban J connectivity index is 0.975. The smallest absolute Gasteiger partial charge is 0.308 e. The number of halogens is 1. The number of nitrogens with one attached hydrogen (secondary N) is 4. The van der Waals surface area contributed by atoms with Crippen molar-refractivity contribution in [3.05, 3.63) is 86.5 Å². The number of rotatable bonds is 16. The first kappa shape index (κ1) is 40.2. The number of unbranched alkanes of at least 4 members (excludes halogenated alkanes) is 5. The van der Waals surface area contributed by atoms with Gasteiger partial charge < -0.3 is 20.7 Å². The van der Waals surface area contributed by atoms with Crippen LogP contribution in [0.1, 0.15) is 112 Å². The number of carbonyl (C=O) groups excluding carboxylic acids is 5. The average Bonchev–Trinajstić information content (AvgIpc) is 3.69. The van der Waals surface area contributed by atoms with Crippen LogP contribution in [0.25, 0.3) is 5.00 Å². The summed E-state index contributed by atoms with van der Waals surface area (Å²) in [6.45, 7) is 5.02. The second-order valence-corrected chi connectivity index (χ2v) is 15.1. The van der Waals surface area contributed by atoms with E-state index in [1.165, 1.54) is 18.4 Å². The van der Waals surface area contributed by atoms with E-state index in [9.17, 15) is 24.0 Å². The highest BCUT2D eigenvalue weighted by molar-refractivity contribution is 7.17. The molecule has 1 unspecified atom stereocenters. The molecular weight excluding hydrogens is 758 g/mol. The Kier molecular flexibility index (Phi) is 13.2. The average molecular weight is 802 g/mol. The summed E-state index contributed by atoms with van der Waals surface area (Å²) in [6, 6.07) is 9.35. The number of carbonyl (C=O) groups is 5. The number of fused-ring (bicyclic) bond motifs is 3. The Morgan fingerprint density at radius 1 is 0.982 bits per heavy atom. The van der Waals surface area contributed by atoms with Crippen molar-refractivity contribution in [3.8, 4) is 5.00 Å². The van der Waals surface area contributed by atoms with Crippen molar-refractivity contribution in [1.29, 1.82) is 0 Å². The number of methoxy groups -OCH3 is 1. The van der Waals surface area contributed by atoms with Gasteiger partial charge in [0.15, 0.2) is 5.82 Å². The maximum Gasteiger partial charge on any atom is 0.308 e. The number of pyridine rings is 1. The summed E-state index contributed by atoms with van der Waals surface area (Å²) in [5.41, 5.74) is 3.95. The first-order valence-electron chi connectivity index (χ1n) is 18.6. The molecule has 294 valence electrons. The number of hydrogen-bond acceptors (Lipinski definition) is 12. The number of ether oxygens (including phenoxy) is 1. The van der Waals surface area contributed by atoms with E-state index in [4.69, 9.17) is 21.3 Å². The molecule has 17 heteroatoms. The molecule has 15 nitrogen and oxygen atoms in total. The summed E-state index contributed by atoms with van der Waals surface area (Å²) in [5, 5.41) is 21.4. The van der Waals surface area contributed by atoms with E-state index in [0.717, 1.165) is 72.4 Å². The molecule has 1 aromatic carbocycles. The summed E-state index contributed by atoms with van der Waals surface area (Å²) in [6.07, 6.45) is 7.83. The van der Waals surface area contributed by atoms with Crippen LogP contribution in [0, 0.1) is 13.8 Å². The van der Waals surface area contributed by atoms with Crippen LogP contribution in [-0.4, -0.2) is 81.3 Å². The first-order valence-corrected chi connectivity index (χ1v) is 19.8. The van der Waals surface area contributed by atoms with Crippen LogP contribution in [0.3, 0.4) is 0 Å². The van der Waals surface area contributed by atoms with E-state index in [0.29, 0.717) is 33.8 Å². The van der Waals surface area contributed by atoms with Gasteiger partial charge in [-0.2, -0.15) is 0 Å². The Morgan fingerprint density at radius 3 is 2.45 bits per heavy atom. The molecule has 4 aromatic rings. The van der Waals surface area contributed by atoms with Crippen LogP contribution in [0.2, 0.25) is 5.02 Å². The van der Waals surface area contributed by atoms with Gasteiger partial charge in [-0.05, 0) is 62.9 Å². The lowest BCUT2D eigenvalue weighted by molar-refractivity contribution is -0.141. The van der Waals surface area contributed by atoms with Crippen molar-refractivity contribution in [3.63, 3.8) is 0 Å². The summed E-state index contributed by atoms with van der Waals surface area (Å²) in [5.74, 6) is -0.774. The Bertz CT molecular complexity index is 2150. The monoisotopic (exact) mass is 801 g/mol. The van der Waals surface area contributed by atoms with Gasteiger partial charge in [-0.1, -0.05) is 49.4 Å². The molecule has 1 fully saturated rings. The van der Waals surface area contributed by atoms with Crippen LogP contribution in [0.4, 0.5) is 5.69 Å². The van der Waals surface area contributed by atoms with Gasteiger partial charge in [-0.25, -0.2) is 0 Å². The summed E-state index contributed by atoms with van der Waals surface area (Å²) in [4.78, 5) is 71.8. The van der Waals surface area contributed by atoms with Gasteiger partial charge in [0.1, 0.15) is 28.6 Å². The fourth-order valence-electron chi connectivity index (χ4n) is 6.68. The number of anilines is 1. The van der Waals surface area contributed by atoms with E-state index in [2.05, 4.69) is 36.4 Å². The highest BCUT2D eigenvalue weighted by Gasteiger charge is 2.34. The Morgan fingerprint density at radius 2 is 1.71 bits per heavy atom. The van der Waals surface area contributed by atoms with Gasteiger partial charge in [-0.15, -0.1) is 21.5 Å². The van der Waals surface area contributed by atoms with Crippen LogP contribution in [-0.2, 0) is 19.1 Å². The highest BCUT2D eigenvalue weighted by Crippen LogP contribution is 2.40. The molecule has 0 aliphatic carbocycles. The quantitative estimate of drug-likeness (QED) is 0.0667. The molecule has 0 saturated carbocycles. The van der Waals surface area contributed by atoms with Gasteiger partial charge in [0, 0.05) is 47.5 Å². The molecule has 4 amide bonds. The summed E-state index contributed by atoms with van der Waals surface area (Å²) >= 11 is 7.57.